The zero-order valence-corrected chi connectivity index (χ0v) is 13.1. The van der Waals surface area contributed by atoms with Gasteiger partial charge in [0.2, 0.25) is 0 Å². The van der Waals surface area contributed by atoms with Gasteiger partial charge in [0, 0.05) is 30.1 Å². The number of rotatable bonds is 6. The largest absolute Gasteiger partial charge is 0.379 e. The third-order valence-corrected chi connectivity index (χ3v) is 4.81. The van der Waals surface area contributed by atoms with Crippen molar-refractivity contribution < 1.29 is 4.74 Å². The summed E-state index contributed by atoms with van der Waals surface area (Å²) in [5.74, 6) is 0. The molecule has 0 aliphatic carbocycles. The van der Waals surface area contributed by atoms with E-state index >= 15 is 0 Å². The topological polar surface area (TPSA) is 33.3 Å². The molecule has 2 atom stereocenters. The van der Waals surface area contributed by atoms with Crippen LogP contribution in [0.5, 0.6) is 0 Å². The normalized spacial score (nSPS) is 22.0. The lowest BCUT2D eigenvalue weighted by molar-refractivity contribution is 0.0713. The van der Waals surface area contributed by atoms with Crippen LogP contribution in [0.25, 0.3) is 0 Å². The van der Waals surface area contributed by atoms with Crippen LogP contribution in [0.1, 0.15) is 18.2 Å². The highest BCUT2D eigenvalue weighted by Gasteiger charge is 2.15. The standard InChI is InChI=1S/C13H21BrN2OS/c1-10(8-11-9-17-7-6-16-11)15-5-4-12-2-3-13(14)18-12/h2-3,10-11,15-16H,4-9H2,1H3. The molecule has 0 radical (unpaired) electrons. The maximum absolute atomic E-state index is 5.47. The molecule has 2 rings (SSSR count). The van der Waals surface area contributed by atoms with Crippen molar-refractivity contribution in [2.24, 2.45) is 0 Å². The summed E-state index contributed by atoms with van der Waals surface area (Å²) in [6.07, 6.45) is 2.24. The highest BCUT2D eigenvalue weighted by Crippen LogP contribution is 2.22. The summed E-state index contributed by atoms with van der Waals surface area (Å²) in [5.41, 5.74) is 0. The first-order valence-corrected chi connectivity index (χ1v) is 8.13. The summed E-state index contributed by atoms with van der Waals surface area (Å²) in [6.45, 7) is 5.98. The molecule has 1 saturated heterocycles. The summed E-state index contributed by atoms with van der Waals surface area (Å²) in [6, 6.07) is 5.36. The molecule has 0 spiro atoms. The molecule has 2 heterocycles. The average molecular weight is 333 g/mol. The van der Waals surface area contributed by atoms with Crippen molar-refractivity contribution in [1.82, 2.24) is 10.6 Å². The summed E-state index contributed by atoms with van der Waals surface area (Å²) in [5, 5.41) is 7.08. The fraction of sp³-hybridized carbons (Fsp3) is 0.692. The number of hydrogen-bond acceptors (Lipinski definition) is 4. The van der Waals surface area contributed by atoms with E-state index in [1.165, 1.54) is 8.66 Å². The van der Waals surface area contributed by atoms with Gasteiger partial charge in [0.25, 0.3) is 0 Å². The molecule has 2 unspecified atom stereocenters. The first-order chi connectivity index (χ1) is 8.74. The van der Waals surface area contributed by atoms with Gasteiger partial charge in [-0.15, -0.1) is 11.3 Å². The molecule has 1 aromatic heterocycles. The lowest BCUT2D eigenvalue weighted by atomic mass is 10.1. The molecular formula is C13H21BrN2OS. The van der Waals surface area contributed by atoms with Crippen molar-refractivity contribution in [3.63, 3.8) is 0 Å². The van der Waals surface area contributed by atoms with Gasteiger partial charge in [0.15, 0.2) is 0 Å². The highest BCUT2D eigenvalue weighted by molar-refractivity contribution is 9.11. The molecule has 1 aliphatic rings. The van der Waals surface area contributed by atoms with Gasteiger partial charge in [-0.1, -0.05) is 0 Å². The number of hydrogen-bond donors (Lipinski definition) is 2. The van der Waals surface area contributed by atoms with E-state index in [1.807, 2.05) is 11.3 Å². The van der Waals surface area contributed by atoms with Crippen LogP contribution in [0.4, 0.5) is 0 Å². The SMILES string of the molecule is CC(CC1COCCN1)NCCc1ccc(Br)s1. The molecule has 0 aromatic carbocycles. The number of morpholine rings is 1. The highest BCUT2D eigenvalue weighted by atomic mass is 79.9. The number of thiophene rings is 1. The molecule has 2 N–H and O–H groups in total. The van der Waals surface area contributed by atoms with Gasteiger partial charge >= 0.3 is 0 Å². The zero-order valence-electron chi connectivity index (χ0n) is 10.7. The minimum Gasteiger partial charge on any atom is -0.379 e. The number of halogens is 1. The van der Waals surface area contributed by atoms with Gasteiger partial charge in [-0.3, -0.25) is 0 Å². The lowest BCUT2D eigenvalue weighted by Gasteiger charge is -2.26. The number of ether oxygens (including phenoxy) is 1. The van der Waals surface area contributed by atoms with E-state index in [0.29, 0.717) is 12.1 Å². The van der Waals surface area contributed by atoms with Crippen molar-refractivity contribution in [3.8, 4) is 0 Å². The minimum absolute atomic E-state index is 0.511. The van der Waals surface area contributed by atoms with Crippen LogP contribution in [-0.4, -0.2) is 38.4 Å². The van der Waals surface area contributed by atoms with Gasteiger partial charge in [-0.25, -0.2) is 0 Å². The van der Waals surface area contributed by atoms with Crippen molar-refractivity contribution in [2.75, 3.05) is 26.3 Å². The van der Waals surface area contributed by atoms with Gasteiger partial charge in [-0.2, -0.15) is 0 Å². The van der Waals surface area contributed by atoms with Crippen LogP contribution in [0.3, 0.4) is 0 Å². The molecule has 1 aromatic rings. The van der Waals surface area contributed by atoms with E-state index in [1.54, 1.807) is 0 Å². The molecule has 3 nitrogen and oxygen atoms in total. The molecule has 18 heavy (non-hydrogen) atoms. The van der Waals surface area contributed by atoms with Crippen molar-refractivity contribution in [1.29, 1.82) is 0 Å². The van der Waals surface area contributed by atoms with Crippen molar-refractivity contribution >= 4 is 27.3 Å². The van der Waals surface area contributed by atoms with Gasteiger partial charge in [0.1, 0.15) is 0 Å². The second-order valence-corrected chi connectivity index (χ2v) is 7.32. The van der Waals surface area contributed by atoms with Crippen LogP contribution in [0.15, 0.2) is 15.9 Å². The molecule has 102 valence electrons. The van der Waals surface area contributed by atoms with E-state index in [2.05, 4.69) is 45.6 Å². The van der Waals surface area contributed by atoms with Crippen molar-refractivity contribution in [2.45, 2.75) is 31.8 Å². The summed E-state index contributed by atoms with van der Waals surface area (Å²) >= 11 is 5.31. The number of nitrogens with one attached hydrogen (secondary N) is 2. The van der Waals surface area contributed by atoms with E-state index in [0.717, 1.165) is 39.1 Å². The molecule has 0 bridgehead atoms. The predicted molar refractivity (Wildman–Crippen MR) is 80.4 cm³/mol. The third kappa shape index (κ3) is 4.97. The molecule has 1 aliphatic heterocycles. The Morgan fingerprint density at radius 1 is 1.61 bits per heavy atom. The Morgan fingerprint density at radius 2 is 2.50 bits per heavy atom. The fourth-order valence-corrected chi connectivity index (χ4v) is 3.69. The quantitative estimate of drug-likeness (QED) is 0.839. The Labute approximate surface area is 121 Å². The van der Waals surface area contributed by atoms with Gasteiger partial charge in [0.05, 0.1) is 17.0 Å². The van der Waals surface area contributed by atoms with E-state index in [4.69, 9.17) is 4.74 Å². The molecule has 0 amide bonds. The Balaban J connectivity index is 1.60. The predicted octanol–water partition coefficient (Wildman–Crippen LogP) is 2.41. The third-order valence-electron chi connectivity index (χ3n) is 3.13. The molecule has 5 heteroatoms. The van der Waals surface area contributed by atoms with Crippen LogP contribution >= 0.6 is 27.3 Å². The van der Waals surface area contributed by atoms with Gasteiger partial charge in [-0.05, 0) is 47.8 Å². The minimum atomic E-state index is 0.511. The Hall–Kier alpha value is 0.0600. The summed E-state index contributed by atoms with van der Waals surface area (Å²) in [7, 11) is 0. The maximum Gasteiger partial charge on any atom is 0.0701 e. The Morgan fingerprint density at radius 3 is 3.17 bits per heavy atom. The van der Waals surface area contributed by atoms with E-state index in [9.17, 15) is 0 Å². The monoisotopic (exact) mass is 332 g/mol. The van der Waals surface area contributed by atoms with Gasteiger partial charge < -0.3 is 15.4 Å². The second-order valence-electron chi connectivity index (χ2n) is 4.77. The Kier molecular flexibility index (Phi) is 6.11. The summed E-state index contributed by atoms with van der Waals surface area (Å²) < 4.78 is 6.68. The van der Waals surface area contributed by atoms with Crippen molar-refractivity contribution in [3.05, 3.63) is 20.8 Å². The fourth-order valence-electron chi connectivity index (χ4n) is 2.21. The smallest absolute Gasteiger partial charge is 0.0701 e. The Bertz CT molecular complexity index is 353. The molecular weight excluding hydrogens is 312 g/mol. The second kappa shape index (κ2) is 7.60. The van der Waals surface area contributed by atoms with E-state index in [-0.39, 0.29) is 0 Å². The summed E-state index contributed by atoms with van der Waals surface area (Å²) in [4.78, 5) is 1.43. The van der Waals surface area contributed by atoms with Crippen LogP contribution in [-0.2, 0) is 11.2 Å². The molecule has 1 fully saturated rings. The van der Waals surface area contributed by atoms with E-state index < -0.39 is 0 Å². The van der Waals surface area contributed by atoms with Crippen LogP contribution in [0.2, 0.25) is 0 Å². The first-order valence-electron chi connectivity index (χ1n) is 6.53. The maximum atomic E-state index is 5.47. The lowest BCUT2D eigenvalue weighted by Crippen LogP contribution is -2.45. The average Bonchev–Trinajstić information content (AvgIpc) is 2.76. The molecule has 0 saturated carbocycles. The van der Waals surface area contributed by atoms with Crippen LogP contribution in [0, 0.1) is 0 Å². The zero-order chi connectivity index (χ0) is 12.8. The van der Waals surface area contributed by atoms with Crippen LogP contribution < -0.4 is 10.6 Å². The first kappa shape index (κ1) is 14.5.